The Morgan fingerprint density at radius 2 is 1.44 bits per heavy atom. The fourth-order valence-electron chi connectivity index (χ4n) is 3.90. The number of hydrogen-bond acceptors (Lipinski definition) is 5. The summed E-state index contributed by atoms with van der Waals surface area (Å²) in [6, 6.07) is 25.1. The van der Waals surface area contributed by atoms with Crippen LogP contribution in [0, 0.1) is 0 Å². The third kappa shape index (κ3) is 4.55. The number of amides is 1. The number of para-hydroxylation sites is 2. The Morgan fingerprint density at radius 1 is 0.812 bits per heavy atom. The highest BCUT2D eigenvalue weighted by Gasteiger charge is 2.42. The molecule has 0 spiro atoms. The zero-order valence-electron chi connectivity index (χ0n) is 18.4. The minimum absolute atomic E-state index is 0.0164. The quantitative estimate of drug-likeness (QED) is 0.504. The van der Waals surface area contributed by atoms with Gasteiger partial charge in [0.05, 0.1) is 12.2 Å². The van der Waals surface area contributed by atoms with Gasteiger partial charge in [-0.25, -0.2) is 0 Å². The maximum atomic E-state index is 13.3. The molecular formula is C26H28N2O4. The number of carbonyl (C=O) groups excluding carboxylic acids is 1. The van der Waals surface area contributed by atoms with E-state index in [4.69, 9.17) is 14.2 Å². The number of nitrogens with one attached hydrogen (secondary N) is 1. The largest absolute Gasteiger partial charge is 0.490 e. The number of fused-ring (bicyclic) bond motifs is 1. The Hall–Kier alpha value is -3.51. The number of benzene rings is 3. The predicted octanol–water partition coefficient (Wildman–Crippen LogP) is 4.53. The summed E-state index contributed by atoms with van der Waals surface area (Å²) in [5.74, 6) is 1.56. The third-order valence-electron chi connectivity index (χ3n) is 5.62. The number of rotatable bonds is 9. The molecule has 0 radical (unpaired) electrons. The molecule has 0 aliphatic carbocycles. The highest BCUT2D eigenvalue weighted by molar-refractivity contribution is 6.02. The Morgan fingerprint density at radius 3 is 2.12 bits per heavy atom. The van der Waals surface area contributed by atoms with E-state index in [1.54, 1.807) is 7.11 Å². The molecule has 0 saturated heterocycles. The molecular weight excluding hydrogens is 404 g/mol. The molecule has 1 amide bonds. The molecule has 4 rings (SSSR count). The van der Waals surface area contributed by atoms with Crippen LogP contribution in [0.5, 0.6) is 11.5 Å². The van der Waals surface area contributed by atoms with Crippen LogP contribution in [0.1, 0.15) is 22.8 Å². The Labute approximate surface area is 188 Å². The van der Waals surface area contributed by atoms with Crippen molar-refractivity contribution < 1.29 is 19.0 Å². The lowest BCUT2D eigenvalue weighted by molar-refractivity contribution is 0.0438. The summed E-state index contributed by atoms with van der Waals surface area (Å²) in [5, 5.41) is 3.56. The molecule has 0 bridgehead atoms. The average molecular weight is 433 g/mol. The lowest BCUT2D eigenvalue weighted by Crippen LogP contribution is -2.56. The summed E-state index contributed by atoms with van der Waals surface area (Å²) in [6.45, 7) is 3.84. The minimum atomic E-state index is -0.709. The van der Waals surface area contributed by atoms with E-state index in [2.05, 4.69) is 5.32 Å². The van der Waals surface area contributed by atoms with Crippen molar-refractivity contribution in [3.8, 4) is 11.5 Å². The summed E-state index contributed by atoms with van der Waals surface area (Å²) in [7, 11) is 1.64. The molecule has 0 aromatic heterocycles. The first kappa shape index (κ1) is 21.7. The lowest BCUT2D eigenvalue weighted by Gasteiger charge is -2.46. The number of anilines is 1. The van der Waals surface area contributed by atoms with Crippen LogP contribution in [0.15, 0.2) is 78.9 Å². The molecule has 1 aliphatic rings. The van der Waals surface area contributed by atoms with Gasteiger partial charge < -0.3 is 24.4 Å². The van der Waals surface area contributed by atoms with E-state index in [1.165, 1.54) is 0 Å². The summed E-state index contributed by atoms with van der Waals surface area (Å²) in [5.41, 5.74) is 1.75. The third-order valence-corrected chi connectivity index (χ3v) is 5.62. The van der Waals surface area contributed by atoms with Crippen molar-refractivity contribution in [1.82, 2.24) is 4.90 Å². The molecule has 166 valence electrons. The Balaban J connectivity index is 1.46. The average Bonchev–Trinajstić information content (AvgIpc) is 2.83. The molecule has 6 nitrogen and oxygen atoms in total. The summed E-state index contributed by atoms with van der Waals surface area (Å²) >= 11 is 0. The number of ether oxygens (including phenoxy) is 3. The van der Waals surface area contributed by atoms with Crippen LogP contribution in [0.2, 0.25) is 0 Å². The molecule has 3 aromatic carbocycles. The van der Waals surface area contributed by atoms with Crippen molar-refractivity contribution in [3.05, 3.63) is 90.0 Å². The van der Waals surface area contributed by atoms with Gasteiger partial charge in [-0.2, -0.15) is 0 Å². The fraction of sp³-hybridized carbons (Fsp3) is 0.269. The first-order valence-electron chi connectivity index (χ1n) is 10.7. The molecule has 32 heavy (non-hydrogen) atoms. The molecule has 3 aromatic rings. The van der Waals surface area contributed by atoms with Gasteiger partial charge in [0.1, 0.15) is 30.4 Å². The van der Waals surface area contributed by atoms with E-state index in [-0.39, 0.29) is 5.91 Å². The van der Waals surface area contributed by atoms with Crippen molar-refractivity contribution in [1.29, 1.82) is 0 Å². The summed E-state index contributed by atoms with van der Waals surface area (Å²) in [4.78, 5) is 15.1. The second-order valence-electron chi connectivity index (χ2n) is 7.73. The zero-order valence-corrected chi connectivity index (χ0v) is 18.4. The first-order chi connectivity index (χ1) is 15.6. The van der Waals surface area contributed by atoms with Crippen LogP contribution >= 0.6 is 0 Å². The molecule has 1 atom stereocenters. The maximum absolute atomic E-state index is 13.3. The normalized spacial score (nSPS) is 17.4. The molecule has 0 fully saturated rings. The van der Waals surface area contributed by atoms with Crippen LogP contribution < -0.4 is 14.8 Å². The van der Waals surface area contributed by atoms with Gasteiger partial charge in [0.15, 0.2) is 0 Å². The highest BCUT2D eigenvalue weighted by atomic mass is 16.5. The van der Waals surface area contributed by atoms with E-state index >= 15 is 0 Å². The number of nitrogens with zero attached hydrogens (tertiary/aromatic N) is 1. The summed E-state index contributed by atoms with van der Waals surface area (Å²) in [6.07, 6.45) is 0. The first-order valence-corrected chi connectivity index (χ1v) is 10.7. The van der Waals surface area contributed by atoms with Crippen LogP contribution in [-0.2, 0) is 10.4 Å². The molecule has 1 N–H and O–H groups in total. The molecule has 0 saturated carbocycles. The maximum Gasteiger partial charge on any atom is 0.258 e. The van der Waals surface area contributed by atoms with Gasteiger partial charge in [0.2, 0.25) is 0 Å². The van der Waals surface area contributed by atoms with Crippen molar-refractivity contribution in [2.45, 2.75) is 12.6 Å². The topological polar surface area (TPSA) is 60.0 Å². The minimum Gasteiger partial charge on any atom is -0.490 e. The van der Waals surface area contributed by atoms with Gasteiger partial charge >= 0.3 is 0 Å². The standard InChI is InChI=1S/C26H28N2O4/c1-26(27-24-11-7-6-10-23(24)25(29)28(26)16-17-30-2)20-12-14-22(15-13-20)32-19-18-31-21-8-4-3-5-9-21/h3-15,27H,16-19H2,1-2H3. The van der Waals surface area contributed by atoms with Gasteiger partial charge in [-0.1, -0.05) is 42.5 Å². The zero-order chi connectivity index (χ0) is 22.4. The molecule has 1 aliphatic heterocycles. The van der Waals surface area contributed by atoms with Gasteiger partial charge in [-0.05, 0) is 48.9 Å². The van der Waals surface area contributed by atoms with Crippen LogP contribution in [0.3, 0.4) is 0 Å². The molecule has 1 heterocycles. The monoisotopic (exact) mass is 432 g/mol. The van der Waals surface area contributed by atoms with E-state index < -0.39 is 5.66 Å². The van der Waals surface area contributed by atoms with Crippen LogP contribution in [-0.4, -0.2) is 44.3 Å². The van der Waals surface area contributed by atoms with E-state index in [9.17, 15) is 4.79 Å². The number of carbonyl (C=O) groups is 1. The smallest absolute Gasteiger partial charge is 0.258 e. The van der Waals surface area contributed by atoms with Crippen LogP contribution in [0.4, 0.5) is 5.69 Å². The van der Waals surface area contributed by atoms with Crippen molar-refractivity contribution in [2.75, 3.05) is 38.8 Å². The van der Waals surface area contributed by atoms with Crippen molar-refractivity contribution >= 4 is 11.6 Å². The van der Waals surface area contributed by atoms with Crippen molar-refractivity contribution in [3.63, 3.8) is 0 Å². The second-order valence-corrected chi connectivity index (χ2v) is 7.73. The SMILES string of the molecule is COCCN1C(=O)c2ccccc2NC1(C)c1ccc(OCCOc2ccccc2)cc1. The Kier molecular flexibility index (Phi) is 6.61. The van der Waals surface area contributed by atoms with Gasteiger partial charge in [0, 0.05) is 19.3 Å². The fourth-order valence-corrected chi connectivity index (χ4v) is 3.90. The van der Waals surface area contributed by atoms with Gasteiger partial charge in [-0.15, -0.1) is 0 Å². The van der Waals surface area contributed by atoms with Gasteiger partial charge in [0.25, 0.3) is 5.91 Å². The molecule has 1 unspecified atom stereocenters. The second kappa shape index (κ2) is 9.75. The van der Waals surface area contributed by atoms with E-state index in [1.807, 2.05) is 90.7 Å². The van der Waals surface area contributed by atoms with Gasteiger partial charge in [-0.3, -0.25) is 4.79 Å². The van der Waals surface area contributed by atoms with E-state index in [0.717, 1.165) is 22.7 Å². The highest BCUT2D eigenvalue weighted by Crippen LogP contribution is 2.38. The Bertz CT molecular complexity index is 1040. The number of hydrogen-bond donors (Lipinski definition) is 1. The van der Waals surface area contributed by atoms with E-state index in [0.29, 0.717) is 31.9 Å². The van der Waals surface area contributed by atoms with Crippen molar-refractivity contribution in [2.24, 2.45) is 0 Å². The van der Waals surface area contributed by atoms with Crippen LogP contribution in [0.25, 0.3) is 0 Å². The lowest BCUT2D eigenvalue weighted by atomic mass is 9.93. The molecule has 6 heteroatoms. The summed E-state index contributed by atoms with van der Waals surface area (Å²) < 4.78 is 16.8. The number of methoxy groups -OCH3 is 1. The predicted molar refractivity (Wildman–Crippen MR) is 124 cm³/mol.